The van der Waals surface area contributed by atoms with E-state index in [2.05, 4.69) is 25.7 Å². The molecule has 138 valence electrons. The van der Waals surface area contributed by atoms with Crippen LogP contribution in [-0.4, -0.2) is 10.9 Å². The third-order valence-electron chi connectivity index (χ3n) is 3.89. The van der Waals surface area contributed by atoms with E-state index in [1.165, 1.54) is 6.20 Å². The van der Waals surface area contributed by atoms with Crippen molar-refractivity contribution in [2.75, 3.05) is 0 Å². The molecule has 1 aromatic heterocycles. The number of hydrogen-bond acceptors (Lipinski definition) is 6. The van der Waals surface area contributed by atoms with E-state index in [0.29, 0.717) is 17.7 Å². The van der Waals surface area contributed by atoms with Crippen molar-refractivity contribution in [1.82, 2.24) is 4.98 Å². The minimum absolute atomic E-state index is 0.380. The molecule has 0 aromatic carbocycles. The second-order valence-corrected chi connectivity index (χ2v) is 5.76. The molecular formula is C21H18N6O. The van der Waals surface area contributed by atoms with Crippen molar-refractivity contribution >= 4 is 23.7 Å². The van der Waals surface area contributed by atoms with Crippen LogP contribution in [0.1, 0.15) is 5.69 Å². The zero-order chi connectivity index (χ0) is 19.6. The van der Waals surface area contributed by atoms with E-state index in [1.807, 2.05) is 60.8 Å². The number of fused-ring (bicyclic) bond motifs is 3. The monoisotopic (exact) mass is 370 g/mol. The molecule has 2 heterocycles. The van der Waals surface area contributed by atoms with Gasteiger partial charge in [0, 0.05) is 22.4 Å². The number of allylic oxidation sites excluding steroid dienone is 10. The number of aromatic nitrogens is 1. The predicted molar refractivity (Wildman–Crippen MR) is 108 cm³/mol. The van der Waals surface area contributed by atoms with E-state index in [9.17, 15) is 4.79 Å². The molecule has 0 saturated heterocycles. The second-order valence-electron chi connectivity index (χ2n) is 5.76. The lowest BCUT2D eigenvalue weighted by Gasteiger charge is -2.09. The van der Waals surface area contributed by atoms with Crippen molar-refractivity contribution in [3.8, 4) is 0 Å². The Morgan fingerprint density at radius 3 is 2.29 bits per heavy atom. The number of amides is 1. The Morgan fingerprint density at radius 2 is 1.54 bits per heavy atom. The predicted octanol–water partition coefficient (Wildman–Crippen LogP) is 2.81. The van der Waals surface area contributed by atoms with Crippen LogP contribution in [0.3, 0.4) is 0 Å². The molecule has 1 amide bonds. The van der Waals surface area contributed by atoms with Gasteiger partial charge >= 0.3 is 0 Å². The Hall–Kier alpha value is -4.00. The SMILES string of the molecule is NC(=O)C1=CC=c2c(ncc3c2=CC=CC=CC=CC=CC=CN=NN=N3)C1. The van der Waals surface area contributed by atoms with Gasteiger partial charge in [0.05, 0.1) is 18.1 Å². The molecular weight excluding hydrogens is 352 g/mol. The number of nitrogens with zero attached hydrogens (tertiary/aromatic N) is 5. The van der Waals surface area contributed by atoms with E-state index >= 15 is 0 Å². The molecule has 7 nitrogen and oxygen atoms in total. The van der Waals surface area contributed by atoms with E-state index in [4.69, 9.17) is 5.73 Å². The van der Waals surface area contributed by atoms with Gasteiger partial charge in [-0.15, -0.1) is 10.2 Å². The van der Waals surface area contributed by atoms with Gasteiger partial charge in [-0.3, -0.25) is 9.78 Å². The zero-order valence-electron chi connectivity index (χ0n) is 15.0. The zero-order valence-corrected chi connectivity index (χ0v) is 15.0. The normalized spacial score (nSPS) is 15.8. The Bertz CT molecular complexity index is 1110. The average Bonchev–Trinajstić information content (AvgIpc) is 2.70. The topological polar surface area (TPSA) is 105 Å². The van der Waals surface area contributed by atoms with Gasteiger partial charge in [-0.2, -0.15) is 0 Å². The van der Waals surface area contributed by atoms with Crippen LogP contribution in [0, 0.1) is 0 Å². The highest BCUT2D eigenvalue weighted by molar-refractivity contribution is 5.94. The van der Waals surface area contributed by atoms with Crippen LogP contribution in [0.5, 0.6) is 0 Å². The first-order chi connectivity index (χ1) is 13.8. The first-order valence-electron chi connectivity index (χ1n) is 8.58. The van der Waals surface area contributed by atoms with Crippen LogP contribution in [0.15, 0.2) is 99.4 Å². The summed E-state index contributed by atoms with van der Waals surface area (Å²) < 4.78 is 0. The molecule has 7 heteroatoms. The summed E-state index contributed by atoms with van der Waals surface area (Å²) in [7, 11) is 0. The molecule has 28 heavy (non-hydrogen) atoms. The van der Waals surface area contributed by atoms with Gasteiger partial charge in [0.15, 0.2) is 0 Å². The molecule has 0 radical (unpaired) electrons. The molecule has 1 aliphatic heterocycles. The van der Waals surface area contributed by atoms with E-state index in [0.717, 1.165) is 16.1 Å². The lowest BCUT2D eigenvalue weighted by Crippen LogP contribution is -2.33. The molecule has 3 rings (SSSR count). The average molecular weight is 370 g/mol. The largest absolute Gasteiger partial charge is 0.366 e. The number of rotatable bonds is 1. The summed E-state index contributed by atoms with van der Waals surface area (Å²) in [6.45, 7) is 0. The van der Waals surface area contributed by atoms with Crippen LogP contribution in [0.2, 0.25) is 0 Å². The van der Waals surface area contributed by atoms with E-state index in [1.54, 1.807) is 18.3 Å². The van der Waals surface area contributed by atoms with Crippen LogP contribution in [-0.2, 0) is 11.2 Å². The van der Waals surface area contributed by atoms with Gasteiger partial charge in [-0.05, 0) is 16.5 Å². The minimum atomic E-state index is -0.448. The number of carbonyl (C=O) groups is 1. The first kappa shape index (κ1) is 18.8. The third kappa shape index (κ3) is 5.01. The highest BCUT2D eigenvalue weighted by Gasteiger charge is 2.13. The summed E-state index contributed by atoms with van der Waals surface area (Å²) in [6.07, 6.45) is 25.9. The molecule has 0 spiro atoms. The minimum Gasteiger partial charge on any atom is -0.366 e. The van der Waals surface area contributed by atoms with Crippen LogP contribution in [0.25, 0.3) is 12.2 Å². The highest BCUT2D eigenvalue weighted by atomic mass is 16.1. The van der Waals surface area contributed by atoms with Gasteiger partial charge in [0.1, 0.15) is 5.69 Å². The van der Waals surface area contributed by atoms with Crippen LogP contribution < -0.4 is 16.2 Å². The number of primary amides is 1. The molecule has 0 fully saturated rings. The summed E-state index contributed by atoms with van der Waals surface area (Å²) in [6, 6.07) is 0. The Labute approximate surface area is 161 Å². The lowest BCUT2D eigenvalue weighted by molar-refractivity contribution is -0.114. The highest BCUT2D eigenvalue weighted by Crippen LogP contribution is 2.09. The molecule has 0 saturated carbocycles. The molecule has 1 aromatic rings. The maximum atomic E-state index is 11.5. The van der Waals surface area contributed by atoms with Crippen molar-refractivity contribution in [3.63, 3.8) is 0 Å². The Kier molecular flexibility index (Phi) is 6.46. The maximum absolute atomic E-state index is 11.5. The van der Waals surface area contributed by atoms with Crippen molar-refractivity contribution in [2.24, 2.45) is 26.4 Å². The van der Waals surface area contributed by atoms with E-state index < -0.39 is 5.91 Å². The number of pyridine rings is 1. The maximum Gasteiger partial charge on any atom is 0.245 e. The molecule has 0 unspecified atom stereocenters. The Morgan fingerprint density at radius 1 is 0.821 bits per heavy atom. The summed E-state index contributed by atoms with van der Waals surface area (Å²) in [5.74, 6) is -0.448. The van der Waals surface area contributed by atoms with Crippen molar-refractivity contribution < 1.29 is 4.79 Å². The fourth-order valence-corrected chi connectivity index (χ4v) is 2.56. The second kappa shape index (κ2) is 9.63. The van der Waals surface area contributed by atoms with E-state index in [-0.39, 0.29) is 0 Å². The molecule has 2 aliphatic rings. The molecule has 1 aliphatic carbocycles. The number of hydrogen-bond donors (Lipinski definition) is 1. The lowest BCUT2D eigenvalue weighted by atomic mass is 10.0. The van der Waals surface area contributed by atoms with Gasteiger partial charge in [-0.25, -0.2) is 0 Å². The van der Waals surface area contributed by atoms with Gasteiger partial charge in [0.25, 0.3) is 0 Å². The third-order valence-corrected chi connectivity index (χ3v) is 3.89. The number of carbonyl (C=O) groups excluding carboxylic acids is 1. The van der Waals surface area contributed by atoms with Crippen molar-refractivity contribution in [2.45, 2.75) is 6.42 Å². The smallest absolute Gasteiger partial charge is 0.245 e. The summed E-state index contributed by atoms with van der Waals surface area (Å²) >= 11 is 0. The van der Waals surface area contributed by atoms with Crippen LogP contribution in [0.4, 0.5) is 5.69 Å². The van der Waals surface area contributed by atoms with Gasteiger partial charge < -0.3 is 5.73 Å². The van der Waals surface area contributed by atoms with Gasteiger partial charge in [0.2, 0.25) is 5.91 Å². The molecule has 2 N–H and O–H groups in total. The van der Waals surface area contributed by atoms with Gasteiger partial charge in [-0.1, -0.05) is 66.8 Å². The summed E-state index contributed by atoms with van der Waals surface area (Å²) in [4.78, 5) is 15.9. The number of nitrogens with two attached hydrogens (primary N) is 1. The quantitative estimate of drug-likeness (QED) is 0.821. The summed E-state index contributed by atoms with van der Waals surface area (Å²) in [5, 5.41) is 17.0. The van der Waals surface area contributed by atoms with Crippen molar-refractivity contribution in [3.05, 3.63) is 94.9 Å². The van der Waals surface area contributed by atoms with Crippen molar-refractivity contribution in [1.29, 1.82) is 0 Å². The standard InChI is InChI=1S/C21H18N6O/c22-21(28)16-11-12-18-17-10-8-6-4-2-1-3-5-7-9-13-24-26-27-25-20(17)15-23-19(18)14-16/h1-13,15H,14H2,(H2,22,28). The fourth-order valence-electron chi connectivity index (χ4n) is 2.56. The Balaban J connectivity index is 2.10. The fraction of sp³-hybridized carbons (Fsp3) is 0.0476. The molecule has 0 atom stereocenters. The first-order valence-corrected chi connectivity index (χ1v) is 8.58. The van der Waals surface area contributed by atoms with Crippen LogP contribution >= 0.6 is 0 Å². The molecule has 0 bridgehead atoms. The summed E-state index contributed by atoms with van der Waals surface area (Å²) in [5.41, 5.74) is 7.21.